The lowest BCUT2D eigenvalue weighted by Gasteiger charge is -2.42. The molecule has 0 unspecified atom stereocenters. The summed E-state index contributed by atoms with van der Waals surface area (Å²) in [5, 5.41) is 0. The number of hydrogen-bond donors (Lipinski definition) is 0. The third kappa shape index (κ3) is 3.28. The topological polar surface area (TPSA) is 12.5 Å². The van der Waals surface area contributed by atoms with Gasteiger partial charge in [-0.25, -0.2) is 0 Å². The Kier molecular flexibility index (Phi) is 3.36. The summed E-state index contributed by atoms with van der Waals surface area (Å²) < 4.78 is 5.79. The van der Waals surface area contributed by atoms with Gasteiger partial charge in [-0.15, -0.1) is 0 Å². The molecular weight excluding hydrogens is 162 g/mol. The Morgan fingerprint density at radius 2 is 1.85 bits per heavy atom. The van der Waals surface area contributed by atoms with Crippen molar-refractivity contribution >= 4 is 0 Å². The van der Waals surface area contributed by atoms with Crippen molar-refractivity contribution in [2.24, 2.45) is 5.92 Å². The van der Waals surface area contributed by atoms with Gasteiger partial charge in [-0.3, -0.25) is 0 Å². The van der Waals surface area contributed by atoms with Crippen LogP contribution in [0.3, 0.4) is 0 Å². The molecule has 0 heterocycles. The molecule has 0 aromatic carbocycles. The summed E-state index contributed by atoms with van der Waals surface area (Å²) in [6.07, 6.45) is 2.67. The molecule has 1 fully saturated rings. The molecule has 0 aliphatic heterocycles. The third-order valence-electron chi connectivity index (χ3n) is 2.77. The molecule has 0 amide bonds. The van der Waals surface area contributed by atoms with Gasteiger partial charge in [0.2, 0.25) is 0 Å². The standard InChI is InChI=1S/C11H23NO/c1-11(2,3)13-8-9-6-7-10(9)12(4)5/h9-10H,6-8H2,1-5H3/t9-,10+/m1/s1. The van der Waals surface area contributed by atoms with Gasteiger partial charge in [-0.1, -0.05) is 0 Å². The van der Waals surface area contributed by atoms with Crippen LogP contribution in [-0.2, 0) is 4.74 Å². The van der Waals surface area contributed by atoms with Crippen molar-refractivity contribution in [3.8, 4) is 0 Å². The van der Waals surface area contributed by atoms with Crippen LogP contribution < -0.4 is 0 Å². The number of ether oxygens (including phenoxy) is 1. The largest absolute Gasteiger partial charge is 0.376 e. The molecule has 1 saturated carbocycles. The lowest BCUT2D eigenvalue weighted by molar-refractivity contribution is -0.0578. The van der Waals surface area contributed by atoms with Crippen LogP contribution >= 0.6 is 0 Å². The normalized spacial score (nSPS) is 29.1. The second-order valence-corrected chi connectivity index (χ2v) is 5.29. The first-order valence-electron chi connectivity index (χ1n) is 5.20. The molecule has 2 nitrogen and oxygen atoms in total. The van der Waals surface area contributed by atoms with E-state index in [0.717, 1.165) is 18.6 Å². The van der Waals surface area contributed by atoms with E-state index in [1.165, 1.54) is 12.8 Å². The third-order valence-corrected chi connectivity index (χ3v) is 2.77. The number of hydrogen-bond acceptors (Lipinski definition) is 2. The first kappa shape index (κ1) is 11.0. The average Bonchev–Trinajstić information content (AvgIpc) is 1.79. The maximum atomic E-state index is 5.79. The molecule has 0 aromatic heterocycles. The predicted molar refractivity (Wildman–Crippen MR) is 55.9 cm³/mol. The highest BCUT2D eigenvalue weighted by Gasteiger charge is 2.33. The smallest absolute Gasteiger partial charge is 0.0598 e. The van der Waals surface area contributed by atoms with Gasteiger partial charge in [0, 0.05) is 6.04 Å². The molecule has 0 N–H and O–H groups in total. The average molecular weight is 185 g/mol. The fourth-order valence-electron chi connectivity index (χ4n) is 1.78. The Morgan fingerprint density at radius 1 is 1.23 bits per heavy atom. The zero-order valence-corrected chi connectivity index (χ0v) is 9.63. The van der Waals surface area contributed by atoms with E-state index in [0.29, 0.717) is 0 Å². The van der Waals surface area contributed by atoms with Gasteiger partial charge in [-0.2, -0.15) is 0 Å². The van der Waals surface area contributed by atoms with Crippen LogP contribution in [0.4, 0.5) is 0 Å². The summed E-state index contributed by atoms with van der Waals surface area (Å²) in [6, 6.07) is 0.752. The summed E-state index contributed by atoms with van der Waals surface area (Å²) >= 11 is 0. The van der Waals surface area contributed by atoms with E-state index in [2.05, 4.69) is 39.8 Å². The minimum atomic E-state index is 0.0203. The Labute approximate surface area is 82.3 Å². The molecule has 0 saturated heterocycles. The SMILES string of the molecule is CN(C)[C@H]1CC[C@@H]1COC(C)(C)C. The molecule has 1 rings (SSSR count). The molecule has 0 spiro atoms. The van der Waals surface area contributed by atoms with Crippen LogP contribution in [0, 0.1) is 5.92 Å². The van der Waals surface area contributed by atoms with E-state index in [1.807, 2.05) is 0 Å². The Hall–Kier alpha value is -0.0800. The van der Waals surface area contributed by atoms with Crippen molar-refractivity contribution in [3.63, 3.8) is 0 Å². The van der Waals surface area contributed by atoms with Crippen molar-refractivity contribution in [1.29, 1.82) is 0 Å². The second kappa shape index (κ2) is 3.97. The maximum Gasteiger partial charge on any atom is 0.0598 e. The summed E-state index contributed by atoms with van der Waals surface area (Å²) in [6.45, 7) is 7.29. The lowest BCUT2D eigenvalue weighted by Crippen LogP contribution is -2.46. The van der Waals surface area contributed by atoms with Crippen LogP contribution in [-0.4, -0.2) is 37.2 Å². The quantitative estimate of drug-likeness (QED) is 0.668. The molecule has 78 valence electrons. The van der Waals surface area contributed by atoms with Crippen LogP contribution in [0.2, 0.25) is 0 Å². The van der Waals surface area contributed by atoms with Gasteiger partial charge < -0.3 is 9.64 Å². The van der Waals surface area contributed by atoms with Crippen LogP contribution in [0.5, 0.6) is 0 Å². The van der Waals surface area contributed by atoms with Gasteiger partial charge in [-0.05, 0) is 53.6 Å². The molecule has 2 heteroatoms. The first-order chi connectivity index (χ1) is 5.90. The first-order valence-corrected chi connectivity index (χ1v) is 5.20. The van der Waals surface area contributed by atoms with Crippen LogP contribution in [0.25, 0.3) is 0 Å². The molecule has 13 heavy (non-hydrogen) atoms. The van der Waals surface area contributed by atoms with E-state index in [9.17, 15) is 0 Å². The second-order valence-electron chi connectivity index (χ2n) is 5.29. The Balaban J connectivity index is 2.23. The number of nitrogens with zero attached hydrogens (tertiary/aromatic N) is 1. The highest BCUT2D eigenvalue weighted by atomic mass is 16.5. The van der Waals surface area contributed by atoms with Crippen LogP contribution in [0.15, 0.2) is 0 Å². The lowest BCUT2D eigenvalue weighted by atomic mass is 9.79. The summed E-state index contributed by atoms with van der Waals surface area (Å²) in [5.74, 6) is 0.759. The van der Waals surface area contributed by atoms with Gasteiger partial charge in [0.15, 0.2) is 0 Å². The fourth-order valence-corrected chi connectivity index (χ4v) is 1.78. The molecule has 0 bridgehead atoms. The van der Waals surface area contributed by atoms with Crippen molar-refractivity contribution in [3.05, 3.63) is 0 Å². The van der Waals surface area contributed by atoms with Gasteiger partial charge in [0.25, 0.3) is 0 Å². The Morgan fingerprint density at radius 3 is 2.15 bits per heavy atom. The van der Waals surface area contributed by atoms with E-state index < -0.39 is 0 Å². The van der Waals surface area contributed by atoms with E-state index in [1.54, 1.807) is 0 Å². The molecule has 0 aromatic rings. The maximum absolute atomic E-state index is 5.79. The predicted octanol–water partition coefficient (Wildman–Crippen LogP) is 2.14. The molecule has 0 radical (unpaired) electrons. The van der Waals surface area contributed by atoms with Crippen LogP contribution in [0.1, 0.15) is 33.6 Å². The summed E-state index contributed by atoms with van der Waals surface area (Å²) in [4.78, 5) is 2.32. The van der Waals surface area contributed by atoms with Gasteiger partial charge >= 0.3 is 0 Å². The highest BCUT2D eigenvalue weighted by Crippen LogP contribution is 2.31. The minimum Gasteiger partial charge on any atom is -0.376 e. The highest BCUT2D eigenvalue weighted by molar-refractivity contribution is 4.86. The molecule has 2 atom stereocenters. The van der Waals surface area contributed by atoms with Crippen molar-refractivity contribution < 1.29 is 4.74 Å². The summed E-state index contributed by atoms with van der Waals surface area (Å²) in [7, 11) is 4.32. The molecular formula is C11H23NO. The molecule has 1 aliphatic rings. The monoisotopic (exact) mass is 185 g/mol. The molecule has 1 aliphatic carbocycles. The van der Waals surface area contributed by atoms with E-state index in [4.69, 9.17) is 4.74 Å². The van der Waals surface area contributed by atoms with Gasteiger partial charge in [0.1, 0.15) is 0 Å². The zero-order valence-electron chi connectivity index (χ0n) is 9.63. The van der Waals surface area contributed by atoms with Crippen molar-refractivity contribution in [2.45, 2.75) is 45.3 Å². The van der Waals surface area contributed by atoms with Crippen molar-refractivity contribution in [2.75, 3.05) is 20.7 Å². The minimum absolute atomic E-state index is 0.0203. The van der Waals surface area contributed by atoms with E-state index in [-0.39, 0.29) is 5.60 Å². The van der Waals surface area contributed by atoms with Crippen molar-refractivity contribution in [1.82, 2.24) is 4.90 Å². The zero-order chi connectivity index (χ0) is 10.1. The Bertz CT molecular complexity index is 160. The fraction of sp³-hybridized carbons (Fsp3) is 1.00. The number of rotatable bonds is 3. The van der Waals surface area contributed by atoms with E-state index >= 15 is 0 Å². The summed E-state index contributed by atoms with van der Waals surface area (Å²) in [5.41, 5.74) is 0.0203. The van der Waals surface area contributed by atoms with Gasteiger partial charge in [0.05, 0.1) is 12.2 Å².